The number of nitrogens with zero attached hydrogens (tertiary/aromatic N) is 2. The van der Waals surface area contributed by atoms with E-state index in [9.17, 15) is 4.39 Å². The number of benzene rings is 1. The molecule has 0 atom stereocenters. The SMILES string of the molecule is Cc1nc(-c2ccccc2)c(-c2ccnc(F)c2)o1. The highest BCUT2D eigenvalue weighted by atomic mass is 19.1. The zero-order valence-electron chi connectivity index (χ0n) is 10.3. The monoisotopic (exact) mass is 254 g/mol. The maximum Gasteiger partial charge on any atom is 0.213 e. The first-order valence-electron chi connectivity index (χ1n) is 5.89. The van der Waals surface area contributed by atoms with Gasteiger partial charge in [0.1, 0.15) is 5.69 Å². The smallest absolute Gasteiger partial charge is 0.213 e. The lowest BCUT2D eigenvalue weighted by Gasteiger charge is -2.01. The summed E-state index contributed by atoms with van der Waals surface area (Å²) in [6.45, 7) is 1.77. The van der Waals surface area contributed by atoms with Crippen molar-refractivity contribution in [1.82, 2.24) is 9.97 Å². The summed E-state index contributed by atoms with van der Waals surface area (Å²) in [7, 11) is 0. The van der Waals surface area contributed by atoms with Crippen molar-refractivity contribution in [1.29, 1.82) is 0 Å². The van der Waals surface area contributed by atoms with Crippen LogP contribution in [0.1, 0.15) is 5.89 Å². The number of aryl methyl sites for hydroxylation is 1. The first-order chi connectivity index (χ1) is 9.24. The quantitative estimate of drug-likeness (QED) is 0.652. The van der Waals surface area contributed by atoms with Crippen molar-refractivity contribution in [3.8, 4) is 22.6 Å². The summed E-state index contributed by atoms with van der Waals surface area (Å²) in [5.41, 5.74) is 2.28. The van der Waals surface area contributed by atoms with Gasteiger partial charge in [-0.15, -0.1) is 0 Å². The van der Waals surface area contributed by atoms with E-state index in [4.69, 9.17) is 4.42 Å². The Morgan fingerprint density at radius 1 is 1.05 bits per heavy atom. The molecule has 0 fully saturated rings. The van der Waals surface area contributed by atoms with Crippen LogP contribution < -0.4 is 0 Å². The highest BCUT2D eigenvalue weighted by molar-refractivity contribution is 5.76. The van der Waals surface area contributed by atoms with Crippen molar-refractivity contribution >= 4 is 0 Å². The second-order valence-electron chi connectivity index (χ2n) is 4.14. The molecule has 3 aromatic rings. The number of halogens is 1. The fourth-order valence-electron chi connectivity index (χ4n) is 1.96. The number of hydrogen-bond acceptors (Lipinski definition) is 3. The Kier molecular flexibility index (Phi) is 2.83. The molecule has 0 aliphatic heterocycles. The molecule has 0 bridgehead atoms. The van der Waals surface area contributed by atoms with E-state index in [-0.39, 0.29) is 0 Å². The van der Waals surface area contributed by atoms with Crippen LogP contribution in [0.15, 0.2) is 53.1 Å². The van der Waals surface area contributed by atoms with Gasteiger partial charge in [0, 0.05) is 30.3 Å². The van der Waals surface area contributed by atoms with Crippen LogP contribution in [0.5, 0.6) is 0 Å². The van der Waals surface area contributed by atoms with E-state index in [1.807, 2.05) is 30.3 Å². The standard InChI is InChI=1S/C15H11FN2O/c1-10-18-14(11-5-3-2-4-6-11)15(19-10)12-7-8-17-13(16)9-12/h2-9H,1H3. The fourth-order valence-corrected chi connectivity index (χ4v) is 1.96. The van der Waals surface area contributed by atoms with Crippen LogP contribution in [0.3, 0.4) is 0 Å². The van der Waals surface area contributed by atoms with Gasteiger partial charge in [0.2, 0.25) is 5.95 Å². The lowest BCUT2D eigenvalue weighted by molar-refractivity contribution is 0.532. The maximum absolute atomic E-state index is 13.2. The van der Waals surface area contributed by atoms with Crippen molar-refractivity contribution < 1.29 is 8.81 Å². The molecule has 0 saturated heterocycles. The van der Waals surface area contributed by atoms with Crippen molar-refractivity contribution in [2.45, 2.75) is 6.92 Å². The van der Waals surface area contributed by atoms with Gasteiger partial charge in [0.05, 0.1) is 0 Å². The van der Waals surface area contributed by atoms with Crippen LogP contribution in [0.2, 0.25) is 0 Å². The molecule has 0 spiro atoms. The molecule has 19 heavy (non-hydrogen) atoms. The molecule has 2 heterocycles. The molecule has 3 nitrogen and oxygen atoms in total. The van der Waals surface area contributed by atoms with E-state index in [0.717, 1.165) is 5.56 Å². The third kappa shape index (κ3) is 2.25. The van der Waals surface area contributed by atoms with Gasteiger partial charge in [-0.25, -0.2) is 9.97 Å². The lowest BCUT2D eigenvalue weighted by atomic mass is 10.1. The van der Waals surface area contributed by atoms with Crippen molar-refractivity contribution in [3.05, 3.63) is 60.5 Å². The van der Waals surface area contributed by atoms with Crippen molar-refractivity contribution in [2.75, 3.05) is 0 Å². The van der Waals surface area contributed by atoms with E-state index in [1.54, 1.807) is 13.0 Å². The minimum atomic E-state index is -0.537. The van der Waals surface area contributed by atoms with E-state index < -0.39 is 5.95 Å². The number of aromatic nitrogens is 2. The fraction of sp³-hybridized carbons (Fsp3) is 0.0667. The lowest BCUT2D eigenvalue weighted by Crippen LogP contribution is -1.85. The molecule has 0 radical (unpaired) electrons. The summed E-state index contributed by atoms with van der Waals surface area (Å²) in [5, 5.41) is 0. The van der Waals surface area contributed by atoms with Crippen LogP contribution in [0.4, 0.5) is 4.39 Å². The van der Waals surface area contributed by atoms with Gasteiger partial charge in [-0.3, -0.25) is 0 Å². The van der Waals surface area contributed by atoms with Crippen LogP contribution >= 0.6 is 0 Å². The average molecular weight is 254 g/mol. The number of hydrogen-bond donors (Lipinski definition) is 0. The van der Waals surface area contributed by atoms with Crippen molar-refractivity contribution in [3.63, 3.8) is 0 Å². The molecule has 4 heteroatoms. The largest absolute Gasteiger partial charge is 0.440 e. The van der Waals surface area contributed by atoms with E-state index >= 15 is 0 Å². The van der Waals surface area contributed by atoms with Gasteiger partial charge >= 0.3 is 0 Å². The Bertz CT molecular complexity index is 707. The third-order valence-electron chi connectivity index (χ3n) is 2.77. The van der Waals surface area contributed by atoms with Gasteiger partial charge in [0.15, 0.2) is 11.7 Å². The molecule has 0 unspecified atom stereocenters. The normalized spacial score (nSPS) is 10.6. The first-order valence-corrected chi connectivity index (χ1v) is 5.89. The Labute approximate surface area is 109 Å². The predicted octanol–water partition coefficient (Wildman–Crippen LogP) is 3.85. The Balaban J connectivity index is 2.18. The number of oxazole rings is 1. The summed E-state index contributed by atoms with van der Waals surface area (Å²) in [6.07, 6.45) is 1.41. The molecule has 2 aromatic heterocycles. The second-order valence-corrected chi connectivity index (χ2v) is 4.14. The zero-order valence-corrected chi connectivity index (χ0v) is 10.3. The first kappa shape index (κ1) is 11.6. The van der Waals surface area contributed by atoms with E-state index in [1.165, 1.54) is 12.3 Å². The molecule has 94 valence electrons. The molecular weight excluding hydrogens is 243 g/mol. The molecule has 1 aromatic carbocycles. The van der Waals surface area contributed by atoms with Gasteiger partial charge in [-0.2, -0.15) is 4.39 Å². The zero-order chi connectivity index (χ0) is 13.2. The predicted molar refractivity (Wildman–Crippen MR) is 69.9 cm³/mol. The number of pyridine rings is 1. The molecule has 3 rings (SSSR count). The number of rotatable bonds is 2. The molecule has 0 aliphatic carbocycles. The highest BCUT2D eigenvalue weighted by Crippen LogP contribution is 2.32. The van der Waals surface area contributed by atoms with Gasteiger partial charge in [-0.05, 0) is 6.07 Å². The summed E-state index contributed by atoms with van der Waals surface area (Å²) in [6, 6.07) is 12.7. The molecular formula is C15H11FN2O. The van der Waals surface area contributed by atoms with Crippen LogP contribution in [-0.2, 0) is 0 Å². The Morgan fingerprint density at radius 2 is 1.84 bits per heavy atom. The average Bonchev–Trinajstić information content (AvgIpc) is 2.82. The highest BCUT2D eigenvalue weighted by Gasteiger charge is 2.15. The molecule has 0 amide bonds. The van der Waals surface area contributed by atoms with Gasteiger partial charge in [-0.1, -0.05) is 30.3 Å². The summed E-state index contributed by atoms with van der Waals surface area (Å²) < 4.78 is 18.8. The second kappa shape index (κ2) is 4.65. The Morgan fingerprint density at radius 3 is 2.58 bits per heavy atom. The van der Waals surface area contributed by atoms with Crippen LogP contribution in [-0.4, -0.2) is 9.97 Å². The van der Waals surface area contributed by atoms with Gasteiger partial charge < -0.3 is 4.42 Å². The van der Waals surface area contributed by atoms with Gasteiger partial charge in [0.25, 0.3) is 0 Å². The van der Waals surface area contributed by atoms with Crippen LogP contribution in [0, 0.1) is 12.9 Å². The Hall–Kier alpha value is -2.49. The molecule has 0 aliphatic rings. The van der Waals surface area contributed by atoms with E-state index in [2.05, 4.69) is 9.97 Å². The third-order valence-corrected chi connectivity index (χ3v) is 2.77. The molecule has 0 N–H and O–H groups in total. The minimum absolute atomic E-state index is 0.537. The topological polar surface area (TPSA) is 38.9 Å². The van der Waals surface area contributed by atoms with E-state index in [0.29, 0.717) is 22.9 Å². The maximum atomic E-state index is 13.2. The van der Waals surface area contributed by atoms with Crippen molar-refractivity contribution in [2.24, 2.45) is 0 Å². The minimum Gasteiger partial charge on any atom is -0.440 e. The van der Waals surface area contributed by atoms with Crippen LogP contribution in [0.25, 0.3) is 22.6 Å². The summed E-state index contributed by atoms with van der Waals surface area (Å²) in [5.74, 6) is 0.571. The summed E-state index contributed by atoms with van der Waals surface area (Å²) in [4.78, 5) is 7.92. The molecule has 0 saturated carbocycles. The summed E-state index contributed by atoms with van der Waals surface area (Å²) >= 11 is 0.